The van der Waals surface area contributed by atoms with Gasteiger partial charge in [0.05, 0.1) is 38.6 Å². The van der Waals surface area contributed by atoms with Gasteiger partial charge < -0.3 is 89.9 Å². The van der Waals surface area contributed by atoms with Crippen LogP contribution in [0, 0.1) is 0 Å². The van der Waals surface area contributed by atoms with Crippen molar-refractivity contribution in [3.8, 4) is 0 Å². The van der Waals surface area contributed by atoms with Crippen molar-refractivity contribution >= 4 is 5.91 Å². The Morgan fingerprint density at radius 3 is 1.01 bits per heavy atom. The van der Waals surface area contributed by atoms with Gasteiger partial charge >= 0.3 is 0 Å². The van der Waals surface area contributed by atoms with Crippen LogP contribution >= 0.6 is 0 Å². The van der Waals surface area contributed by atoms with Crippen LogP contribution in [0.1, 0.15) is 348 Å². The molecule has 0 aromatic carbocycles. The number of hydrogen-bond donors (Lipinski definition) is 12. The van der Waals surface area contributed by atoms with Crippen molar-refractivity contribution in [2.45, 2.75) is 452 Å². The normalized spacial score (nSPS) is 26.0. The SMILES string of the molecule is CCCCCCC/C=C\C/C=C\CCCCCCCCCCCCCCCCCCCCCCCCCCCCCCCC(=O)NC(COC1OC(CO)C(OC2OC(CO)C(OC3OC(CO)C(O)C(O)C3O)C(O)C2O)C(O)C1O)C(O)/C=C/CC/C=C/CC/C=C/CCCCCCCCCCC. The van der Waals surface area contributed by atoms with Gasteiger partial charge in [-0.2, -0.15) is 0 Å². The highest BCUT2D eigenvalue weighted by Crippen LogP contribution is 2.33. The molecule has 17 atom stereocenters. The van der Waals surface area contributed by atoms with Gasteiger partial charge in [0.1, 0.15) is 73.2 Å². The third-order valence-electron chi connectivity index (χ3n) is 21.3. The van der Waals surface area contributed by atoms with E-state index in [0.29, 0.717) is 12.8 Å². The Bertz CT molecular complexity index is 2130. The molecule has 0 saturated carbocycles. The topological polar surface area (TPSA) is 307 Å². The minimum absolute atomic E-state index is 0.235. The molecular weight excluding hydrogens is 1330 g/mol. The van der Waals surface area contributed by atoms with Crippen molar-refractivity contribution in [2.24, 2.45) is 0 Å². The van der Waals surface area contributed by atoms with E-state index in [1.54, 1.807) is 6.08 Å². The summed E-state index contributed by atoms with van der Waals surface area (Å²) in [7, 11) is 0. The Labute approximate surface area is 636 Å². The predicted octanol–water partition coefficient (Wildman–Crippen LogP) is 15.4. The van der Waals surface area contributed by atoms with Crippen molar-refractivity contribution < 1.29 is 89.4 Å². The smallest absolute Gasteiger partial charge is 0.220 e. The summed E-state index contributed by atoms with van der Waals surface area (Å²) in [6.07, 6.45) is 59.6. The van der Waals surface area contributed by atoms with E-state index in [2.05, 4.69) is 67.8 Å². The lowest BCUT2D eigenvalue weighted by Crippen LogP contribution is -2.66. The summed E-state index contributed by atoms with van der Waals surface area (Å²) >= 11 is 0. The fourth-order valence-electron chi connectivity index (χ4n) is 14.4. The van der Waals surface area contributed by atoms with Gasteiger partial charge in [0, 0.05) is 6.42 Å². The number of nitrogens with one attached hydrogen (secondary N) is 1. The van der Waals surface area contributed by atoms with Crippen LogP contribution in [0.25, 0.3) is 0 Å². The van der Waals surface area contributed by atoms with Crippen LogP contribution in [0.15, 0.2) is 60.8 Å². The quantitative estimate of drug-likeness (QED) is 0.0199. The van der Waals surface area contributed by atoms with Crippen molar-refractivity contribution in [3.63, 3.8) is 0 Å². The van der Waals surface area contributed by atoms with Gasteiger partial charge in [-0.3, -0.25) is 4.79 Å². The Balaban J connectivity index is 1.29. The van der Waals surface area contributed by atoms with Gasteiger partial charge in [-0.05, 0) is 77.0 Å². The molecule has 3 rings (SSSR count). The summed E-state index contributed by atoms with van der Waals surface area (Å²) in [5, 5.41) is 121. The molecule has 0 aromatic rings. The first-order valence-electron chi connectivity index (χ1n) is 43.0. The Morgan fingerprint density at radius 2 is 0.638 bits per heavy atom. The van der Waals surface area contributed by atoms with E-state index < -0.39 is 124 Å². The summed E-state index contributed by atoms with van der Waals surface area (Å²) in [6, 6.07) is -0.997. The van der Waals surface area contributed by atoms with Crippen molar-refractivity contribution in [1.29, 1.82) is 0 Å². The minimum atomic E-state index is -1.98. The van der Waals surface area contributed by atoms with Gasteiger partial charge in [0.15, 0.2) is 18.9 Å². The molecule has 0 radical (unpaired) electrons. The van der Waals surface area contributed by atoms with Gasteiger partial charge in [0.2, 0.25) is 5.91 Å². The van der Waals surface area contributed by atoms with Crippen LogP contribution in [0.2, 0.25) is 0 Å². The summed E-state index contributed by atoms with van der Waals surface area (Å²) < 4.78 is 34.4. The third-order valence-corrected chi connectivity index (χ3v) is 21.3. The number of hydrogen-bond acceptors (Lipinski definition) is 18. The lowest BCUT2D eigenvalue weighted by atomic mass is 9.96. The first-order valence-corrected chi connectivity index (χ1v) is 43.0. The highest BCUT2D eigenvalue weighted by Gasteiger charge is 2.54. The zero-order valence-corrected chi connectivity index (χ0v) is 66.0. The Hall–Kier alpha value is -2.51. The maximum Gasteiger partial charge on any atom is 0.220 e. The molecule has 3 aliphatic heterocycles. The zero-order chi connectivity index (χ0) is 76.0. The lowest BCUT2D eigenvalue weighted by Gasteiger charge is -2.48. The Morgan fingerprint density at radius 1 is 0.343 bits per heavy atom. The highest BCUT2D eigenvalue weighted by molar-refractivity contribution is 5.76. The van der Waals surface area contributed by atoms with Crippen LogP contribution in [-0.4, -0.2) is 193 Å². The molecule has 19 nitrogen and oxygen atoms in total. The van der Waals surface area contributed by atoms with Crippen molar-refractivity contribution in [3.05, 3.63) is 60.8 Å². The minimum Gasteiger partial charge on any atom is -0.394 e. The van der Waals surface area contributed by atoms with E-state index in [1.807, 2.05) is 6.08 Å². The maximum atomic E-state index is 13.5. The fourth-order valence-corrected chi connectivity index (χ4v) is 14.4. The third kappa shape index (κ3) is 45.6. The van der Waals surface area contributed by atoms with E-state index in [1.165, 1.54) is 263 Å². The summed E-state index contributed by atoms with van der Waals surface area (Å²) in [4.78, 5) is 13.5. The average molecular weight is 1490 g/mol. The van der Waals surface area contributed by atoms with E-state index in [-0.39, 0.29) is 18.9 Å². The summed E-state index contributed by atoms with van der Waals surface area (Å²) in [5.74, 6) is -0.284. The van der Waals surface area contributed by atoms with Gasteiger partial charge in [-0.25, -0.2) is 0 Å². The Kier molecular flexibility index (Phi) is 60.9. The van der Waals surface area contributed by atoms with Crippen LogP contribution in [0.3, 0.4) is 0 Å². The molecule has 105 heavy (non-hydrogen) atoms. The second-order valence-electron chi connectivity index (χ2n) is 30.6. The molecule has 3 saturated heterocycles. The fraction of sp³-hybridized carbons (Fsp3) is 0.872. The zero-order valence-electron chi connectivity index (χ0n) is 66.0. The van der Waals surface area contributed by atoms with Gasteiger partial charge in [-0.15, -0.1) is 0 Å². The van der Waals surface area contributed by atoms with Gasteiger partial charge in [0.25, 0.3) is 0 Å². The average Bonchev–Trinajstić information content (AvgIpc) is 0.781. The number of aliphatic hydroxyl groups is 11. The van der Waals surface area contributed by atoms with E-state index >= 15 is 0 Å². The molecule has 3 heterocycles. The largest absolute Gasteiger partial charge is 0.394 e. The molecule has 614 valence electrons. The van der Waals surface area contributed by atoms with E-state index in [0.717, 1.165) is 51.4 Å². The first kappa shape index (κ1) is 96.7. The number of carbonyl (C=O) groups is 1. The lowest BCUT2D eigenvalue weighted by molar-refractivity contribution is -0.379. The molecule has 0 aliphatic carbocycles. The molecule has 12 N–H and O–H groups in total. The maximum absolute atomic E-state index is 13.5. The van der Waals surface area contributed by atoms with Crippen LogP contribution in [-0.2, 0) is 33.2 Å². The molecule has 19 heteroatoms. The van der Waals surface area contributed by atoms with Crippen LogP contribution in [0.4, 0.5) is 0 Å². The van der Waals surface area contributed by atoms with Crippen molar-refractivity contribution in [2.75, 3.05) is 26.4 Å². The first-order chi connectivity index (χ1) is 51.3. The van der Waals surface area contributed by atoms with Crippen molar-refractivity contribution in [1.82, 2.24) is 5.32 Å². The number of carbonyl (C=O) groups excluding carboxylic acids is 1. The van der Waals surface area contributed by atoms with Crippen LogP contribution in [0.5, 0.6) is 0 Å². The number of aliphatic hydroxyl groups excluding tert-OH is 11. The number of allylic oxidation sites excluding steroid dienone is 9. The van der Waals surface area contributed by atoms with Crippen LogP contribution < -0.4 is 5.32 Å². The molecule has 0 spiro atoms. The highest BCUT2D eigenvalue weighted by atomic mass is 16.8. The van der Waals surface area contributed by atoms with E-state index in [9.17, 15) is 61.0 Å². The molecule has 17 unspecified atom stereocenters. The second-order valence-corrected chi connectivity index (χ2v) is 30.6. The number of ether oxygens (including phenoxy) is 6. The molecule has 0 aromatic heterocycles. The number of rotatable bonds is 69. The molecule has 0 bridgehead atoms. The van der Waals surface area contributed by atoms with E-state index in [4.69, 9.17) is 28.4 Å². The molecule has 3 fully saturated rings. The summed E-state index contributed by atoms with van der Waals surface area (Å²) in [5.41, 5.74) is 0. The second kappa shape index (κ2) is 66.1. The summed E-state index contributed by atoms with van der Waals surface area (Å²) in [6.45, 7) is 1.73. The molecule has 3 aliphatic rings. The monoisotopic (exact) mass is 1490 g/mol. The number of unbranched alkanes of at least 4 members (excludes halogenated alkanes) is 45. The standard InChI is InChI=1S/C86H157NO18/c1-3-5-7-9-11-13-15-17-19-21-23-24-25-26-27-28-29-30-31-32-33-34-35-36-37-38-39-40-41-42-43-44-46-48-50-52-54-56-58-60-62-64-74(92)87-69(70(91)63-61-59-57-55-53-51-49-47-45-22-20-18-16-14-12-10-8-6-4-2)68-100-84-80(98)77(95)82(72(66-89)102-84)105-86-81(99)78(96)83(73(67-90)103-86)104-85-79(97)76(94)75(93)71(65-88)101-85/h15,17,21,23,45,47,53,55,61,63,69-73,75-86,88-91,93-99H,3-14,16,18-20,22,24-44,46,48-52,54,56-60,62,64-68H2,1-2H3,(H,87,92)/b17-15-,23-21-,47-45+,55-53+,63-61+. The van der Waals surface area contributed by atoms with Gasteiger partial charge in [-0.1, -0.05) is 325 Å². The number of amides is 1. The molecular formula is C86H157NO18. The predicted molar refractivity (Wildman–Crippen MR) is 420 cm³/mol. The molecule has 1 amide bonds.